The largest absolute Gasteiger partial charge is 0.372 e. The Balaban J connectivity index is 1.29. The number of aryl methyl sites for hydroxylation is 1. The summed E-state index contributed by atoms with van der Waals surface area (Å²) in [6.45, 7) is 5.72. The third-order valence-corrected chi connectivity index (χ3v) is 5.67. The van der Waals surface area contributed by atoms with Gasteiger partial charge in [-0.05, 0) is 25.2 Å². The van der Waals surface area contributed by atoms with E-state index in [2.05, 4.69) is 16.2 Å². The van der Waals surface area contributed by atoms with Gasteiger partial charge in [0, 0.05) is 64.6 Å². The van der Waals surface area contributed by atoms with Gasteiger partial charge in [0.15, 0.2) is 0 Å². The van der Waals surface area contributed by atoms with E-state index >= 15 is 0 Å². The molecule has 0 saturated carbocycles. The SMILES string of the molecule is Cn1cc(CN2CC3(C2)OCC[C@@H]3CCN2CCCC2=O)cn1. The predicted molar refractivity (Wildman–Crippen MR) is 85.7 cm³/mol. The lowest BCUT2D eigenvalue weighted by molar-refractivity contribution is -0.139. The van der Waals surface area contributed by atoms with E-state index < -0.39 is 0 Å². The first-order valence-corrected chi connectivity index (χ1v) is 8.76. The smallest absolute Gasteiger partial charge is 0.222 e. The topological polar surface area (TPSA) is 50.6 Å². The molecule has 3 aliphatic rings. The quantitative estimate of drug-likeness (QED) is 0.813. The summed E-state index contributed by atoms with van der Waals surface area (Å²) in [6.07, 6.45) is 8.03. The fourth-order valence-corrected chi connectivity index (χ4v) is 4.43. The normalized spacial score (nSPS) is 27.1. The van der Waals surface area contributed by atoms with E-state index in [9.17, 15) is 4.79 Å². The van der Waals surface area contributed by atoms with Crippen LogP contribution in [-0.2, 0) is 23.1 Å². The van der Waals surface area contributed by atoms with Crippen molar-refractivity contribution in [3.05, 3.63) is 18.0 Å². The van der Waals surface area contributed by atoms with Crippen molar-refractivity contribution in [2.24, 2.45) is 13.0 Å². The number of hydrogen-bond donors (Lipinski definition) is 0. The first kappa shape index (κ1) is 15.1. The van der Waals surface area contributed by atoms with Crippen molar-refractivity contribution in [1.29, 1.82) is 0 Å². The van der Waals surface area contributed by atoms with Gasteiger partial charge in [-0.2, -0.15) is 5.10 Å². The first-order valence-electron chi connectivity index (χ1n) is 8.76. The van der Waals surface area contributed by atoms with Crippen LogP contribution >= 0.6 is 0 Å². The maximum absolute atomic E-state index is 11.8. The van der Waals surface area contributed by atoms with Crippen LogP contribution in [0.1, 0.15) is 31.2 Å². The van der Waals surface area contributed by atoms with Crippen LogP contribution in [0.25, 0.3) is 0 Å². The Morgan fingerprint density at radius 2 is 2.30 bits per heavy atom. The molecule has 0 unspecified atom stereocenters. The molecule has 1 atom stereocenters. The highest BCUT2D eigenvalue weighted by Crippen LogP contribution is 2.42. The molecule has 0 aromatic carbocycles. The molecule has 0 aliphatic carbocycles. The lowest BCUT2D eigenvalue weighted by Crippen LogP contribution is -2.64. The minimum absolute atomic E-state index is 0.0466. The molecule has 126 valence electrons. The van der Waals surface area contributed by atoms with Crippen molar-refractivity contribution in [3.8, 4) is 0 Å². The van der Waals surface area contributed by atoms with Crippen molar-refractivity contribution < 1.29 is 9.53 Å². The summed E-state index contributed by atoms with van der Waals surface area (Å²) in [5.74, 6) is 0.936. The van der Waals surface area contributed by atoms with Crippen molar-refractivity contribution in [1.82, 2.24) is 19.6 Å². The molecule has 1 spiro atoms. The fourth-order valence-electron chi connectivity index (χ4n) is 4.43. The molecule has 4 rings (SSSR count). The highest BCUT2D eigenvalue weighted by Gasteiger charge is 2.52. The fraction of sp³-hybridized carbons (Fsp3) is 0.765. The van der Waals surface area contributed by atoms with Crippen LogP contribution in [0.3, 0.4) is 0 Å². The van der Waals surface area contributed by atoms with Gasteiger partial charge in [-0.3, -0.25) is 14.4 Å². The molecule has 6 nitrogen and oxygen atoms in total. The van der Waals surface area contributed by atoms with E-state index in [1.165, 1.54) is 5.56 Å². The molecular formula is C17H26N4O2. The summed E-state index contributed by atoms with van der Waals surface area (Å²) in [6, 6.07) is 0. The summed E-state index contributed by atoms with van der Waals surface area (Å²) < 4.78 is 7.99. The minimum Gasteiger partial charge on any atom is -0.372 e. The van der Waals surface area contributed by atoms with Crippen LogP contribution in [0.2, 0.25) is 0 Å². The van der Waals surface area contributed by atoms with Gasteiger partial charge in [0.05, 0.1) is 11.8 Å². The lowest BCUT2D eigenvalue weighted by Gasteiger charge is -2.50. The van der Waals surface area contributed by atoms with E-state index in [-0.39, 0.29) is 5.60 Å². The standard InChI is InChI=1S/C17H26N4O2/c1-19-10-14(9-18-19)11-20-12-17(13-20)15(5-8-23-17)4-7-21-6-2-3-16(21)22/h9-10,15H,2-8,11-13H2,1H3/t15-/m0/s1. The highest BCUT2D eigenvalue weighted by molar-refractivity contribution is 5.77. The zero-order valence-electron chi connectivity index (χ0n) is 13.9. The van der Waals surface area contributed by atoms with Gasteiger partial charge >= 0.3 is 0 Å². The molecule has 0 N–H and O–H groups in total. The van der Waals surface area contributed by atoms with E-state index in [0.717, 1.165) is 65.0 Å². The number of aromatic nitrogens is 2. The molecule has 6 heteroatoms. The number of carbonyl (C=O) groups is 1. The van der Waals surface area contributed by atoms with E-state index in [1.807, 2.05) is 22.8 Å². The van der Waals surface area contributed by atoms with Gasteiger partial charge in [0.25, 0.3) is 0 Å². The van der Waals surface area contributed by atoms with Crippen molar-refractivity contribution in [2.75, 3.05) is 32.8 Å². The summed E-state index contributed by atoms with van der Waals surface area (Å²) in [7, 11) is 1.96. The number of nitrogens with zero attached hydrogens (tertiary/aromatic N) is 4. The number of likely N-dealkylation sites (tertiary alicyclic amines) is 2. The number of carbonyl (C=O) groups excluding carboxylic acids is 1. The molecule has 1 aromatic heterocycles. The number of hydrogen-bond acceptors (Lipinski definition) is 4. The summed E-state index contributed by atoms with van der Waals surface area (Å²) >= 11 is 0. The third kappa shape index (κ3) is 2.90. The molecule has 1 amide bonds. The Hall–Kier alpha value is -1.40. The van der Waals surface area contributed by atoms with Crippen molar-refractivity contribution in [3.63, 3.8) is 0 Å². The molecule has 3 fully saturated rings. The average Bonchev–Trinajstić information content (AvgIpc) is 3.18. The maximum atomic E-state index is 11.8. The Morgan fingerprint density at radius 3 is 3.00 bits per heavy atom. The number of ether oxygens (including phenoxy) is 1. The van der Waals surface area contributed by atoms with Crippen LogP contribution in [0, 0.1) is 5.92 Å². The summed E-state index contributed by atoms with van der Waals surface area (Å²) in [4.78, 5) is 16.2. The van der Waals surface area contributed by atoms with E-state index in [0.29, 0.717) is 11.8 Å². The van der Waals surface area contributed by atoms with Gasteiger partial charge in [0.1, 0.15) is 0 Å². The molecule has 3 saturated heterocycles. The highest BCUT2D eigenvalue weighted by atomic mass is 16.5. The first-order chi connectivity index (χ1) is 11.1. The van der Waals surface area contributed by atoms with Gasteiger partial charge in [-0.1, -0.05) is 0 Å². The number of amides is 1. The molecule has 1 aromatic rings. The Bertz CT molecular complexity index is 579. The van der Waals surface area contributed by atoms with Crippen LogP contribution in [0.4, 0.5) is 0 Å². The monoisotopic (exact) mass is 318 g/mol. The maximum Gasteiger partial charge on any atom is 0.222 e. The molecule has 4 heterocycles. The van der Waals surface area contributed by atoms with Crippen LogP contribution in [0.15, 0.2) is 12.4 Å². The molecule has 0 radical (unpaired) electrons. The second-order valence-corrected chi connectivity index (χ2v) is 7.34. The summed E-state index contributed by atoms with van der Waals surface area (Å²) in [5.41, 5.74) is 1.31. The Kier molecular flexibility index (Phi) is 3.89. The van der Waals surface area contributed by atoms with Crippen molar-refractivity contribution >= 4 is 5.91 Å². The van der Waals surface area contributed by atoms with Gasteiger partial charge in [0.2, 0.25) is 5.91 Å². The average molecular weight is 318 g/mol. The molecule has 23 heavy (non-hydrogen) atoms. The zero-order chi connectivity index (χ0) is 15.9. The van der Waals surface area contributed by atoms with Gasteiger partial charge < -0.3 is 9.64 Å². The third-order valence-electron chi connectivity index (χ3n) is 5.67. The second-order valence-electron chi connectivity index (χ2n) is 7.34. The predicted octanol–water partition coefficient (Wildman–Crippen LogP) is 1.02. The van der Waals surface area contributed by atoms with Gasteiger partial charge in [-0.15, -0.1) is 0 Å². The van der Waals surface area contributed by atoms with E-state index in [4.69, 9.17) is 4.74 Å². The Labute approximate surface area is 137 Å². The molecule has 3 aliphatic heterocycles. The second kappa shape index (κ2) is 5.91. The number of rotatable bonds is 5. The van der Waals surface area contributed by atoms with Crippen LogP contribution in [0.5, 0.6) is 0 Å². The summed E-state index contributed by atoms with van der Waals surface area (Å²) in [5, 5.41) is 4.23. The van der Waals surface area contributed by atoms with Gasteiger partial charge in [-0.25, -0.2) is 0 Å². The molecular weight excluding hydrogens is 292 g/mol. The van der Waals surface area contributed by atoms with E-state index in [1.54, 1.807) is 0 Å². The lowest BCUT2D eigenvalue weighted by atomic mass is 9.78. The zero-order valence-corrected chi connectivity index (χ0v) is 13.9. The minimum atomic E-state index is 0.0466. The molecule has 0 bridgehead atoms. The van der Waals surface area contributed by atoms with Crippen molar-refractivity contribution in [2.45, 2.75) is 37.8 Å². The van der Waals surface area contributed by atoms with Crippen LogP contribution in [-0.4, -0.2) is 63.9 Å². The van der Waals surface area contributed by atoms with Crippen LogP contribution < -0.4 is 0 Å². The Morgan fingerprint density at radius 1 is 1.43 bits per heavy atom.